The van der Waals surface area contributed by atoms with Crippen LogP contribution in [0.5, 0.6) is 0 Å². The first-order chi connectivity index (χ1) is 5.79. The van der Waals surface area contributed by atoms with Crippen LogP contribution in [0.3, 0.4) is 0 Å². The van der Waals surface area contributed by atoms with Gasteiger partial charge in [-0.15, -0.1) is 0 Å². The van der Waals surface area contributed by atoms with Crippen molar-refractivity contribution in [3.63, 3.8) is 0 Å². The van der Waals surface area contributed by atoms with Crippen LogP contribution in [0.25, 0.3) is 0 Å². The van der Waals surface area contributed by atoms with Gasteiger partial charge in [0.15, 0.2) is 0 Å². The third kappa shape index (κ3) is 3.06. The highest BCUT2D eigenvalue weighted by Gasteiger charge is 1.82. The summed E-state index contributed by atoms with van der Waals surface area (Å²) >= 11 is 0. The first-order valence-electron chi connectivity index (χ1n) is 3.92. The van der Waals surface area contributed by atoms with Crippen molar-refractivity contribution in [3.05, 3.63) is 54.8 Å². The maximum atomic E-state index is 3.76. The molecule has 0 aliphatic rings. The summed E-state index contributed by atoms with van der Waals surface area (Å²) in [5, 5.41) is 3.13. The normalized spacial score (nSPS) is 10.1. The Morgan fingerprint density at radius 1 is 1.33 bits per heavy atom. The lowest BCUT2D eigenvalue weighted by atomic mass is 10.3. The van der Waals surface area contributed by atoms with Gasteiger partial charge in [0.05, 0.1) is 0 Å². The van der Waals surface area contributed by atoms with Crippen molar-refractivity contribution in [2.75, 3.05) is 5.32 Å². The monoisotopic (exact) mass is 159 g/mol. The lowest BCUT2D eigenvalue weighted by Gasteiger charge is -1.97. The quantitative estimate of drug-likeness (QED) is 0.668. The fraction of sp³-hybridized carbons (Fsp3) is 0.0909. The molecule has 1 aromatic carbocycles. The highest BCUT2D eigenvalue weighted by molar-refractivity contribution is 5.45. The number of para-hydroxylation sites is 1. The predicted molar refractivity (Wildman–Crippen MR) is 54.0 cm³/mol. The highest BCUT2D eigenvalue weighted by atomic mass is 14.8. The Morgan fingerprint density at radius 3 is 2.58 bits per heavy atom. The van der Waals surface area contributed by atoms with Crippen LogP contribution in [0.1, 0.15) is 6.92 Å². The number of anilines is 1. The summed E-state index contributed by atoms with van der Waals surface area (Å²) in [5.41, 5.74) is 2.13. The van der Waals surface area contributed by atoms with Gasteiger partial charge in [-0.1, -0.05) is 30.4 Å². The van der Waals surface area contributed by atoms with E-state index in [1.165, 1.54) is 0 Å². The van der Waals surface area contributed by atoms with Crippen LogP contribution in [-0.4, -0.2) is 0 Å². The van der Waals surface area contributed by atoms with E-state index in [0.717, 1.165) is 11.3 Å². The van der Waals surface area contributed by atoms with Crippen molar-refractivity contribution in [1.82, 2.24) is 0 Å². The van der Waals surface area contributed by atoms with Gasteiger partial charge in [-0.3, -0.25) is 0 Å². The smallest absolute Gasteiger partial charge is 0.0379 e. The van der Waals surface area contributed by atoms with Crippen molar-refractivity contribution in [2.24, 2.45) is 0 Å². The van der Waals surface area contributed by atoms with E-state index >= 15 is 0 Å². The zero-order valence-electron chi connectivity index (χ0n) is 7.25. The molecule has 0 fully saturated rings. The molecule has 0 spiro atoms. The van der Waals surface area contributed by atoms with Crippen LogP contribution in [0.4, 0.5) is 5.69 Å². The SMILES string of the molecule is C=C(C)/C=C/Nc1ccccc1. The van der Waals surface area contributed by atoms with E-state index in [4.69, 9.17) is 0 Å². The lowest BCUT2D eigenvalue weighted by Crippen LogP contribution is -1.85. The molecule has 0 aromatic heterocycles. The molecule has 1 N–H and O–H groups in total. The van der Waals surface area contributed by atoms with Crippen molar-refractivity contribution in [1.29, 1.82) is 0 Å². The number of allylic oxidation sites excluding steroid dienone is 2. The Labute approximate surface area is 73.4 Å². The largest absolute Gasteiger partial charge is 0.362 e. The van der Waals surface area contributed by atoms with Gasteiger partial charge in [-0.2, -0.15) is 0 Å². The molecule has 1 rings (SSSR count). The Morgan fingerprint density at radius 2 is 2.00 bits per heavy atom. The molecule has 0 aliphatic heterocycles. The standard InChI is InChI=1S/C11H13N/c1-10(2)8-9-12-11-6-4-3-5-7-11/h3-9,12H,1H2,2H3/b9-8+. The molecule has 12 heavy (non-hydrogen) atoms. The van der Waals surface area contributed by atoms with Crippen LogP contribution in [-0.2, 0) is 0 Å². The van der Waals surface area contributed by atoms with Crippen molar-refractivity contribution >= 4 is 5.69 Å². The Hall–Kier alpha value is -1.50. The van der Waals surface area contributed by atoms with Gasteiger partial charge in [-0.05, 0) is 25.1 Å². The molecule has 0 bridgehead atoms. The third-order valence-corrected chi connectivity index (χ3v) is 1.39. The molecule has 0 radical (unpaired) electrons. The van der Waals surface area contributed by atoms with E-state index in [1.54, 1.807) is 0 Å². The van der Waals surface area contributed by atoms with E-state index in [-0.39, 0.29) is 0 Å². The maximum absolute atomic E-state index is 3.76. The molecule has 0 saturated heterocycles. The van der Waals surface area contributed by atoms with Crippen LogP contribution in [0, 0.1) is 0 Å². The minimum Gasteiger partial charge on any atom is -0.362 e. The minimum atomic E-state index is 1.04. The second kappa shape index (κ2) is 4.39. The molecule has 62 valence electrons. The van der Waals surface area contributed by atoms with Crippen LogP contribution in [0.2, 0.25) is 0 Å². The Balaban J connectivity index is 2.49. The van der Waals surface area contributed by atoms with Gasteiger partial charge in [0.25, 0.3) is 0 Å². The second-order valence-electron chi connectivity index (χ2n) is 2.69. The first-order valence-corrected chi connectivity index (χ1v) is 3.92. The maximum Gasteiger partial charge on any atom is 0.0379 e. The van der Waals surface area contributed by atoms with Crippen molar-refractivity contribution in [2.45, 2.75) is 6.92 Å². The second-order valence-corrected chi connectivity index (χ2v) is 2.69. The summed E-state index contributed by atoms with van der Waals surface area (Å²) < 4.78 is 0. The summed E-state index contributed by atoms with van der Waals surface area (Å²) in [5.74, 6) is 0. The average molecular weight is 159 g/mol. The van der Waals surface area contributed by atoms with E-state index in [1.807, 2.05) is 49.5 Å². The van der Waals surface area contributed by atoms with Crippen molar-refractivity contribution < 1.29 is 0 Å². The zero-order chi connectivity index (χ0) is 8.81. The molecule has 0 heterocycles. The van der Waals surface area contributed by atoms with E-state index in [9.17, 15) is 0 Å². The molecule has 1 nitrogen and oxygen atoms in total. The zero-order valence-corrected chi connectivity index (χ0v) is 7.25. The predicted octanol–water partition coefficient (Wildman–Crippen LogP) is 3.19. The highest BCUT2D eigenvalue weighted by Crippen LogP contribution is 2.04. The summed E-state index contributed by atoms with van der Waals surface area (Å²) in [4.78, 5) is 0. The van der Waals surface area contributed by atoms with Gasteiger partial charge in [0, 0.05) is 11.9 Å². The number of benzene rings is 1. The minimum absolute atomic E-state index is 1.04. The number of rotatable bonds is 3. The van der Waals surface area contributed by atoms with Gasteiger partial charge in [0.2, 0.25) is 0 Å². The van der Waals surface area contributed by atoms with Crippen molar-refractivity contribution in [3.8, 4) is 0 Å². The first kappa shape index (κ1) is 8.60. The molecule has 0 aliphatic carbocycles. The summed E-state index contributed by atoms with van der Waals surface area (Å²) in [7, 11) is 0. The van der Waals surface area contributed by atoms with Gasteiger partial charge in [0.1, 0.15) is 0 Å². The van der Waals surface area contributed by atoms with E-state index in [2.05, 4.69) is 11.9 Å². The molecule has 1 aromatic rings. The molecular weight excluding hydrogens is 146 g/mol. The molecular formula is C11H13N. The molecule has 0 unspecified atom stereocenters. The van der Waals surface area contributed by atoms with Gasteiger partial charge in [-0.25, -0.2) is 0 Å². The van der Waals surface area contributed by atoms with Crippen LogP contribution >= 0.6 is 0 Å². The molecule has 1 heteroatoms. The molecule has 0 amide bonds. The summed E-state index contributed by atoms with van der Waals surface area (Å²) in [6.45, 7) is 5.72. The number of hydrogen-bond acceptors (Lipinski definition) is 1. The van der Waals surface area contributed by atoms with Crippen LogP contribution < -0.4 is 5.32 Å². The third-order valence-electron chi connectivity index (χ3n) is 1.39. The van der Waals surface area contributed by atoms with Crippen LogP contribution in [0.15, 0.2) is 54.8 Å². The van der Waals surface area contributed by atoms with Gasteiger partial charge >= 0.3 is 0 Å². The lowest BCUT2D eigenvalue weighted by molar-refractivity contribution is 1.51. The Bertz CT molecular complexity index is 272. The molecule has 0 saturated carbocycles. The summed E-state index contributed by atoms with van der Waals surface area (Å²) in [6, 6.07) is 10.0. The van der Waals surface area contributed by atoms with E-state index in [0.29, 0.717) is 0 Å². The fourth-order valence-electron chi connectivity index (χ4n) is 0.815. The Kier molecular flexibility index (Phi) is 3.15. The van der Waals surface area contributed by atoms with Gasteiger partial charge < -0.3 is 5.32 Å². The fourth-order valence-corrected chi connectivity index (χ4v) is 0.815. The summed E-state index contributed by atoms with van der Waals surface area (Å²) in [6.07, 6.45) is 3.82. The number of nitrogens with one attached hydrogen (secondary N) is 1. The number of hydrogen-bond donors (Lipinski definition) is 1. The van der Waals surface area contributed by atoms with E-state index < -0.39 is 0 Å². The average Bonchev–Trinajstić information content (AvgIpc) is 2.05. The topological polar surface area (TPSA) is 12.0 Å². The molecule has 0 atom stereocenters.